The van der Waals surface area contributed by atoms with Crippen LogP contribution in [0.25, 0.3) is 0 Å². The Morgan fingerprint density at radius 3 is 2.41 bits per heavy atom. The first-order chi connectivity index (χ1) is 10.4. The van der Waals surface area contributed by atoms with Crippen LogP contribution >= 0.6 is 0 Å². The van der Waals surface area contributed by atoms with Gasteiger partial charge in [-0.2, -0.15) is 0 Å². The zero-order chi connectivity index (χ0) is 16.2. The summed E-state index contributed by atoms with van der Waals surface area (Å²) in [5.74, 6) is 0. The monoisotopic (exact) mass is 313 g/mol. The number of hydrogen-bond donors (Lipinski definition) is 0. The van der Waals surface area contributed by atoms with E-state index in [2.05, 4.69) is 9.80 Å². The third-order valence-corrected chi connectivity index (χ3v) is 4.35. The summed E-state index contributed by atoms with van der Waals surface area (Å²) in [6, 6.07) is 0.483. The molecule has 0 bridgehead atoms. The van der Waals surface area contributed by atoms with Crippen molar-refractivity contribution in [2.45, 2.75) is 38.8 Å². The van der Waals surface area contributed by atoms with E-state index in [1.807, 2.05) is 25.7 Å². The van der Waals surface area contributed by atoms with Crippen LogP contribution in [0.5, 0.6) is 0 Å². The number of likely N-dealkylation sites (tertiary alicyclic amines) is 1. The molecule has 0 N–H and O–H groups in total. The van der Waals surface area contributed by atoms with Crippen molar-refractivity contribution >= 4 is 6.09 Å². The molecule has 0 saturated carbocycles. The summed E-state index contributed by atoms with van der Waals surface area (Å²) >= 11 is 0. The van der Waals surface area contributed by atoms with E-state index >= 15 is 0 Å². The number of ether oxygens (including phenoxy) is 2. The van der Waals surface area contributed by atoms with Gasteiger partial charge in [-0.05, 0) is 27.2 Å². The molecule has 0 aromatic carbocycles. The van der Waals surface area contributed by atoms with Crippen molar-refractivity contribution in [1.29, 1.82) is 0 Å². The fourth-order valence-electron chi connectivity index (χ4n) is 3.10. The molecule has 2 aliphatic rings. The van der Waals surface area contributed by atoms with Crippen LogP contribution < -0.4 is 0 Å². The van der Waals surface area contributed by atoms with Gasteiger partial charge in [-0.25, -0.2) is 4.79 Å². The van der Waals surface area contributed by atoms with Crippen LogP contribution in [0.15, 0.2) is 0 Å². The zero-order valence-electron chi connectivity index (χ0n) is 14.5. The Bertz CT molecular complexity index is 362. The maximum absolute atomic E-state index is 12.1. The number of amides is 1. The molecule has 6 nitrogen and oxygen atoms in total. The van der Waals surface area contributed by atoms with Crippen LogP contribution in [0, 0.1) is 0 Å². The molecule has 128 valence electrons. The number of methoxy groups -OCH3 is 1. The van der Waals surface area contributed by atoms with Crippen LogP contribution in [-0.2, 0) is 9.47 Å². The average Bonchev–Trinajstić information content (AvgIpc) is 2.94. The maximum Gasteiger partial charge on any atom is 0.410 e. The third kappa shape index (κ3) is 5.11. The van der Waals surface area contributed by atoms with Gasteiger partial charge < -0.3 is 14.4 Å². The highest BCUT2D eigenvalue weighted by atomic mass is 16.6. The molecule has 0 aliphatic carbocycles. The molecule has 0 aromatic rings. The molecule has 22 heavy (non-hydrogen) atoms. The molecule has 1 atom stereocenters. The lowest BCUT2D eigenvalue weighted by Gasteiger charge is -2.37. The maximum atomic E-state index is 12.1. The topological polar surface area (TPSA) is 45.2 Å². The molecule has 0 unspecified atom stereocenters. The quantitative estimate of drug-likeness (QED) is 0.782. The first kappa shape index (κ1) is 17.5. The smallest absolute Gasteiger partial charge is 0.410 e. The minimum absolute atomic E-state index is 0.172. The SMILES string of the molecule is COCCN1CCN([C@@H]2CCN(C(=O)OC(C)(C)C)C2)CC1. The predicted octanol–water partition coefficient (Wildman–Crippen LogP) is 1.26. The van der Waals surface area contributed by atoms with Crippen LogP contribution in [0.4, 0.5) is 4.79 Å². The molecule has 6 heteroatoms. The van der Waals surface area contributed by atoms with Gasteiger partial charge in [0.2, 0.25) is 0 Å². The third-order valence-electron chi connectivity index (χ3n) is 4.35. The largest absolute Gasteiger partial charge is 0.444 e. The molecule has 0 radical (unpaired) electrons. The number of rotatable bonds is 4. The van der Waals surface area contributed by atoms with Crippen molar-refractivity contribution in [3.63, 3.8) is 0 Å². The summed E-state index contributed by atoms with van der Waals surface area (Å²) < 4.78 is 10.6. The first-order valence-electron chi connectivity index (χ1n) is 8.32. The molecule has 2 aliphatic heterocycles. The lowest BCUT2D eigenvalue weighted by atomic mass is 10.2. The zero-order valence-corrected chi connectivity index (χ0v) is 14.5. The highest BCUT2D eigenvalue weighted by Gasteiger charge is 2.33. The molecule has 2 rings (SSSR count). The number of carbonyl (C=O) groups excluding carboxylic acids is 1. The van der Waals surface area contributed by atoms with Crippen molar-refractivity contribution in [2.75, 3.05) is 59.5 Å². The summed E-state index contributed by atoms with van der Waals surface area (Å²) in [4.78, 5) is 18.9. The minimum Gasteiger partial charge on any atom is -0.444 e. The molecule has 0 spiro atoms. The Morgan fingerprint density at radius 1 is 1.14 bits per heavy atom. The number of carbonyl (C=O) groups is 1. The van der Waals surface area contributed by atoms with Gasteiger partial charge in [-0.15, -0.1) is 0 Å². The molecule has 2 heterocycles. The first-order valence-corrected chi connectivity index (χ1v) is 8.32. The fraction of sp³-hybridized carbons (Fsp3) is 0.938. The summed E-state index contributed by atoms with van der Waals surface area (Å²) in [6.45, 7) is 13.5. The summed E-state index contributed by atoms with van der Waals surface area (Å²) in [6.07, 6.45) is 0.880. The second kappa shape index (κ2) is 7.62. The van der Waals surface area contributed by atoms with Gasteiger partial charge in [0.05, 0.1) is 6.61 Å². The standard InChI is InChI=1S/C16H31N3O3/c1-16(2,3)22-15(20)19-6-5-14(13-19)18-9-7-17(8-10-18)11-12-21-4/h14H,5-13H2,1-4H3/t14-/m1/s1. The van der Waals surface area contributed by atoms with Gasteiger partial charge in [-0.1, -0.05) is 0 Å². The van der Waals surface area contributed by atoms with Gasteiger partial charge >= 0.3 is 6.09 Å². The van der Waals surface area contributed by atoms with E-state index in [4.69, 9.17) is 9.47 Å². The van der Waals surface area contributed by atoms with Crippen LogP contribution in [-0.4, -0.2) is 92.0 Å². The number of nitrogens with zero attached hydrogens (tertiary/aromatic N) is 3. The van der Waals surface area contributed by atoms with Crippen LogP contribution in [0.3, 0.4) is 0 Å². The number of hydrogen-bond acceptors (Lipinski definition) is 5. The van der Waals surface area contributed by atoms with Crippen LogP contribution in [0.1, 0.15) is 27.2 Å². The average molecular weight is 313 g/mol. The Kier molecular flexibility index (Phi) is 6.06. The second-order valence-corrected chi connectivity index (χ2v) is 7.24. The molecule has 0 aromatic heterocycles. The van der Waals surface area contributed by atoms with Crippen molar-refractivity contribution in [2.24, 2.45) is 0 Å². The van der Waals surface area contributed by atoms with E-state index in [0.29, 0.717) is 6.04 Å². The highest BCUT2D eigenvalue weighted by molar-refractivity contribution is 5.68. The lowest BCUT2D eigenvalue weighted by Crippen LogP contribution is -2.51. The molecule has 2 saturated heterocycles. The summed E-state index contributed by atoms with van der Waals surface area (Å²) in [7, 11) is 1.75. The van der Waals surface area contributed by atoms with E-state index in [0.717, 1.165) is 58.8 Å². The molecular weight excluding hydrogens is 282 g/mol. The minimum atomic E-state index is -0.415. The van der Waals surface area contributed by atoms with Crippen molar-refractivity contribution in [3.05, 3.63) is 0 Å². The Morgan fingerprint density at radius 2 is 1.82 bits per heavy atom. The predicted molar refractivity (Wildman–Crippen MR) is 86.1 cm³/mol. The lowest BCUT2D eigenvalue weighted by molar-refractivity contribution is 0.0266. The number of piperazine rings is 1. The van der Waals surface area contributed by atoms with E-state index in [1.54, 1.807) is 7.11 Å². The fourth-order valence-corrected chi connectivity index (χ4v) is 3.10. The van der Waals surface area contributed by atoms with Crippen molar-refractivity contribution in [3.8, 4) is 0 Å². The van der Waals surface area contributed by atoms with Crippen LogP contribution in [0.2, 0.25) is 0 Å². The van der Waals surface area contributed by atoms with Gasteiger partial charge in [0.25, 0.3) is 0 Å². The highest BCUT2D eigenvalue weighted by Crippen LogP contribution is 2.20. The summed E-state index contributed by atoms with van der Waals surface area (Å²) in [5, 5.41) is 0. The van der Waals surface area contributed by atoms with E-state index < -0.39 is 5.60 Å². The van der Waals surface area contributed by atoms with Crippen molar-refractivity contribution in [1.82, 2.24) is 14.7 Å². The summed E-state index contributed by atoms with van der Waals surface area (Å²) in [5.41, 5.74) is -0.415. The Hall–Kier alpha value is -0.850. The second-order valence-electron chi connectivity index (χ2n) is 7.24. The van der Waals surface area contributed by atoms with Gasteiger partial charge in [0.15, 0.2) is 0 Å². The van der Waals surface area contributed by atoms with E-state index in [1.165, 1.54) is 0 Å². The normalized spacial score (nSPS) is 24.7. The van der Waals surface area contributed by atoms with E-state index in [-0.39, 0.29) is 6.09 Å². The van der Waals surface area contributed by atoms with Gasteiger partial charge in [-0.3, -0.25) is 9.80 Å². The Labute approximate surface area is 134 Å². The van der Waals surface area contributed by atoms with Gasteiger partial charge in [0.1, 0.15) is 5.60 Å². The Balaban J connectivity index is 1.74. The van der Waals surface area contributed by atoms with E-state index in [9.17, 15) is 4.79 Å². The van der Waals surface area contributed by atoms with Gasteiger partial charge in [0, 0.05) is 59.0 Å². The molecular formula is C16H31N3O3. The molecule has 2 fully saturated rings. The molecule has 1 amide bonds. The van der Waals surface area contributed by atoms with Crippen molar-refractivity contribution < 1.29 is 14.3 Å².